The second kappa shape index (κ2) is 5.36. The van der Waals surface area contributed by atoms with Gasteiger partial charge in [-0.3, -0.25) is 5.10 Å². The molecule has 1 aromatic heterocycles. The molecule has 3 rings (SSSR count). The van der Waals surface area contributed by atoms with Crippen LogP contribution in [0.4, 0.5) is 5.82 Å². The van der Waals surface area contributed by atoms with Crippen molar-refractivity contribution in [3.05, 3.63) is 22.8 Å². The number of rotatable bonds is 5. The molecule has 20 heavy (non-hydrogen) atoms. The Balaban J connectivity index is 1.97. The first-order valence-electron chi connectivity index (χ1n) is 6.48. The van der Waals surface area contributed by atoms with Crippen LogP contribution < -0.4 is 15.2 Å². The number of halogens is 1. The van der Waals surface area contributed by atoms with Crippen molar-refractivity contribution in [3.8, 4) is 22.6 Å². The molecule has 1 aliphatic rings. The summed E-state index contributed by atoms with van der Waals surface area (Å²) in [5, 5.41) is 6.68. The average Bonchev–Trinajstić information content (AvgIpc) is 3.16. The molecule has 1 saturated carbocycles. The van der Waals surface area contributed by atoms with Crippen molar-refractivity contribution in [1.82, 2.24) is 10.2 Å². The van der Waals surface area contributed by atoms with Crippen molar-refractivity contribution in [3.63, 3.8) is 0 Å². The van der Waals surface area contributed by atoms with Crippen LogP contribution in [-0.2, 0) is 0 Å². The smallest absolute Gasteiger partial charge is 0.174 e. The Kier molecular flexibility index (Phi) is 3.56. The molecular formula is C14H16BrN3O2. The molecule has 0 radical (unpaired) electrons. The molecule has 1 aliphatic carbocycles. The first kappa shape index (κ1) is 13.3. The Morgan fingerprint density at radius 2 is 2.25 bits per heavy atom. The summed E-state index contributed by atoms with van der Waals surface area (Å²) in [5.74, 6) is 2.65. The minimum Gasteiger partial charge on any atom is -0.492 e. The zero-order valence-corrected chi connectivity index (χ0v) is 12.7. The van der Waals surface area contributed by atoms with Crippen molar-refractivity contribution >= 4 is 21.7 Å². The normalized spacial score (nSPS) is 14.3. The molecule has 0 aliphatic heterocycles. The molecule has 0 unspecified atom stereocenters. The van der Waals surface area contributed by atoms with Gasteiger partial charge in [0.15, 0.2) is 11.5 Å². The van der Waals surface area contributed by atoms with E-state index in [4.69, 9.17) is 15.2 Å². The average molecular weight is 338 g/mol. The molecular weight excluding hydrogens is 322 g/mol. The monoisotopic (exact) mass is 337 g/mol. The Bertz CT molecular complexity index is 623. The Hall–Kier alpha value is -1.69. The van der Waals surface area contributed by atoms with Crippen LogP contribution in [0.2, 0.25) is 0 Å². The number of nitrogen functional groups attached to an aromatic ring is 1. The topological polar surface area (TPSA) is 73.2 Å². The summed E-state index contributed by atoms with van der Waals surface area (Å²) >= 11 is 3.51. The Morgan fingerprint density at radius 1 is 1.45 bits per heavy atom. The third-order valence-corrected chi connectivity index (χ3v) is 3.95. The first-order chi connectivity index (χ1) is 9.69. The van der Waals surface area contributed by atoms with Gasteiger partial charge in [-0.2, -0.15) is 5.10 Å². The fourth-order valence-corrected chi connectivity index (χ4v) is 2.65. The fourth-order valence-electron chi connectivity index (χ4n) is 2.05. The number of hydrogen-bond acceptors (Lipinski definition) is 4. The van der Waals surface area contributed by atoms with Crippen LogP contribution in [0.1, 0.15) is 12.8 Å². The molecule has 3 N–H and O–H groups in total. The maximum Gasteiger partial charge on any atom is 0.174 e. The third-order valence-electron chi connectivity index (χ3n) is 3.36. The van der Waals surface area contributed by atoms with Crippen molar-refractivity contribution < 1.29 is 9.47 Å². The van der Waals surface area contributed by atoms with Crippen LogP contribution in [0.25, 0.3) is 11.1 Å². The number of nitrogens with two attached hydrogens (primary N) is 1. The van der Waals surface area contributed by atoms with Crippen LogP contribution in [0, 0.1) is 5.92 Å². The molecule has 0 bridgehead atoms. The number of methoxy groups -OCH3 is 1. The molecule has 0 saturated heterocycles. The van der Waals surface area contributed by atoms with E-state index in [0.717, 1.165) is 28.0 Å². The van der Waals surface area contributed by atoms with E-state index < -0.39 is 0 Å². The maximum absolute atomic E-state index is 5.88. The van der Waals surface area contributed by atoms with Gasteiger partial charge in [-0.15, -0.1) is 0 Å². The molecule has 1 fully saturated rings. The number of aromatic amines is 1. The van der Waals surface area contributed by atoms with E-state index >= 15 is 0 Å². The van der Waals surface area contributed by atoms with Gasteiger partial charge in [-0.1, -0.05) is 0 Å². The summed E-state index contributed by atoms with van der Waals surface area (Å²) in [7, 11) is 1.63. The van der Waals surface area contributed by atoms with Gasteiger partial charge >= 0.3 is 0 Å². The van der Waals surface area contributed by atoms with E-state index in [0.29, 0.717) is 17.5 Å². The molecule has 2 aromatic rings. The van der Waals surface area contributed by atoms with Crippen molar-refractivity contribution in [2.24, 2.45) is 5.92 Å². The summed E-state index contributed by atoms with van der Waals surface area (Å²) in [6.45, 7) is 0.729. The summed E-state index contributed by atoms with van der Waals surface area (Å²) in [5.41, 5.74) is 7.66. The van der Waals surface area contributed by atoms with Crippen LogP contribution in [-0.4, -0.2) is 23.9 Å². The third kappa shape index (κ3) is 2.60. The number of nitrogens with one attached hydrogen (secondary N) is 1. The molecule has 106 valence electrons. The summed E-state index contributed by atoms with van der Waals surface area (Å²) in [4.78, 5) is 0. The van der Waals surface area contributed by atoms with Gasteiger partial charge in [-0.05, 0) is 52.4 Å². The molecule has 6 heteroatoms. The van der Waals surface area contributed by atoms with Gasteiger partial charge in [-0.25, -0.2) is 0 Å². The van der Waals surface area contributed by atoms with Crippen LogP contribution in [0.3, 0.4) is 0 Å². The van der Waals surface area contributed by atoms with Crippen molar-refractivity contribution in [2.45, 2.75) is 12.8 Å². The second-order valence-corrected chi connectivity index (χ2v) is 5.80. The van der Waals surface area contributed by atoms with Gasteiger partial charge in [0.25, 0.3) is 0 Å². The lowest BCUT2D eigenvalue weighted by molar-refractivity contribution is 0.280. The summed E-state index contributed by atoms with van der Waals surface area (Å²) in [6.07, 6.45) is 4.20. The Morgan fingerprint density at radius 3 is 2.85 bits per heavy atom. The highest BCUT2D eigenvalue weighted by atomic mass is 79.9. The maximum atomic E-state index is 5.88. The number of aromatic nitrogens is 2. The second-order valence-electron chi connectivity index (χ2n) is 4.94. The van der Waals surface area contributed by atoms with Crippen molar-refractivity contribution in [1.29, 1.82) is 0 Å². The highest BCUT2D eigenvalue weighted by Crippen LogP contribution is 2.41. The number of hydrogen-bond donors (Lipinski definition) is 2. The SMILES string of the molecule is COc1c(Br)cc(-c2cn[nH]c2N)cc1OCC1CC1. The Labute approximate surface area is 125 Å². The lowest BCUT2D eigenvalue weighted by atomic mass is 10.1. The molecule has 0 atom stereocenters. The molecule has 0 spiro atoms. The number of nitrogens with zero attached hydrogens (tertiary/aromatic N) is 1. The van der Waals surface area contributed by atoms with Crippen LogP contribution >= 0.6 is 15.9 Å². The van der Waals surface area contributed by atoms with Gasteiger partial charge < -0.3 is 15.2 Å². The number of H-pyrrole nitrogens is 1. The minimum absolute atomic E-state index is 0.537. The lowest BCUT2D eigenvalue weighted by Gasteiger charge is -2.14. The lowest BCUT2D eigenvalue weighted by Crippen LogP contribution is -2.01. The van der Waals surface area contributed by atoms with Gasteiger partial charge in [0.1, 0.15) is 5.82 Å². The van der Waals surface area contributed by atoms with E-state index in [9.17, 15) is 0 Å². The van der Waals surface area contributed by atoms with E-state index in [2.05, 4.69) is 26.1 Å². The van der Waals surface area contributed by atoms with E-state index in [-0.39, 0.29) is 0 Å². The summed E-state index contributed by atoms with van der Waals surface area (Å²) < 4.78 is 12.1. The summed E-state index contributed by atoms with van der Waals surface area (Å²) in [6, 6.07) is 3.89. The largest absolute Gasteiger partial charge is 0.492 e. The molecule has 0 amide bonds. The van der Waals surface area contributed by atoms with E-state index in [1.165, 1.54) is 12.8 Å². The van der Waals surface area contributed by atoms with E-state index in [1.54, 1.807) is 13.3 Å². The number of ether oxygens (including phenoxy) is 2. The van der Waals surface area contributed by atoms with E-state index in [1.807, 2.05) is 12.1 Å². The molecule has 1 heterocycles. The van der Waals surface area contributed by atoms with Crippen LogP contribution in [0.5, 0.6) is 11.5 Å². The highest BCUT2D eigenvalue weighted by molar-refractivity contribution is 9.10. The van der Waals surface area contributed by atoms with Crippen molar-refractivity contribution in [2.75, 3.05) is 19.5 Å². The van der Waals surface area contributed by atoms with Gasteiger partial charge in [0.2, 0.25) is 0 Å². The zero-order chi connectivity index (χ0) is 14.1. The predicted octanol–water partition coefficient (Wildman–Crippen LogP) is 3.22. The quantitative estimate of drug-likeness (QED) is 0.878. The fraction of sp³-hybridized carbons (Fsp3) is 0.357. The molecule has 1 aromatic carbocycles. The number of benzene rings is 1. The van der Waals surface area contributed by atoms with Gasteiger partial charge in [0, 0.05) is 5.56 Å². The van der Waals surface area contributed by atoms with Gasteiger partial charge in [0.05, 0.1) is 24.4 Å². The molecule has 5 nitrogen and oxygen atoms in total. The highest BCUT2D eigenvalue weighted by Gasteiger charge is 2.23. The first-order valence-corrected chi connectivity index (χ1v) is 7.28. The standard InChI is InChI=1S/C14H16BrN3O2/c1-19-13-11(15)4-9(10-6-17-18-14(10)16)5-12(13)20-7-8-2-3-8/h4-6,8H,2-3,7H2,1H3,(H3,16,17,18). The number of anilines is 1. The predicted molar refractivity (Wildman–Crippen MR) is 80.9 cm³/mol. The van der Waals surface area contributed by atoms with Crippen LogP contribution in [0.15, 0.2) is 22.8 Å². The minimum atomic E-state index is 0.537. The zero-order valence-electron chi connectivity index (χ0n) is 11.1.